The van der Waals surface area contributed by atoms with Crippen molar-refractivity contribution in [1.82, 2.24) is 20.4 Å². The predicted molar refractivity (Wildman–Crippen MR) is 447 cm³/mol. The van der Waals surface area contributed by atoms with Crippen LogP contribution in [0.15, 0.2) is 235 Å². The fraction of sp³-hybridized carbons (Fsp3) is 0.330. The van der Waals surface area contributed by atoms with E-state index in [-0.39, 0.29) is 36.2 Å². The second-order valence-corrected chi connectivity index (χ2v) is 33.6. The molecule has 23 heteroatoms. The predicted octanol–water partition coefficient (Wildman–Crippen LogP) is 12.6. The van der Waals surface area contributed by atoms with Crippen molar-refractivity contribution < 1.29 is 64.9 Å². The van der Waals surface area contributed by atoms with Gasteiger partial charge in [0.05, 0.1) is 16.9 Å². The lowest BCUT2D eigenvalue weighted by Gasteiger charge is -2.28. The summed E-state index contributed by atoms with van der Waals surface area (Å²) in [6, 6.07) is 54.1. The van der Waals surface area contributed by atoms with Crippen LogP contribution < -0.4 is 31.2 Å². The van der Waals surface area contributed by atoms with E-state index in [1.807, 2.05) is 72.8 Å². The number of nitrogens with one attached hydrogen (secondary N) is 2. The summed E-state index contributed by atoms with van der Waals surface area (Å²) in [4.78, 5) is 32.5. The zero-order chi connectivity index (χ0) is 79.4. The standard InChI is InChI=1S/C88H102B2N6O13S2/c1-61(2)85(97)91-47-25-49-93(57-67-27-9-15-37-78(67)89(99)100)59-74-70-33-11-12-34-71(70)75(60-94(50-26-48-92-86(98)62(3)4)58-68-28-10-16-38-79(68)90(101)102)73-56-66(41-44-72(73)74)65-31-24-32-69(55-65)109-84-63(42-45-82-87(5,6)76-35-13-17-39-80(76)95(82)51-19-21-53-110(103,104)105)29-23-30-64(84)43-46-83-88(7,8)77-36-14-18-40-81(77)96(83)52-20-22-54-111(106,107)108/h9-18,24,27-28,31-46,55-56,99-102H,1,3,19-23,25-26,29-30,47-54,57-60H2,2,4-8H3,(H3-,91,92,97,98,103,104,105,106,107,108)/p+1. The first-order valence-corrected chi connectivity index (χ1v) is 41.5. The summed E-state index contributed by atoms with van der Waals surface area (Å²) < 4.78 is 76.7. The van der Waals surface area contributed by atoms with Gasteiger partial charge in [-0.15, -0.1) is 0 Å². The summed E-state index contributed by atoms with van der Waals surface area (Å²) in [7, 11) is -11.7. The smallest absolute Gasteiger partial charge is 0.457 e. The van der Waals surface area contributed by atoms with Crippen molar-refractivity contribution in [3.8, 4) is 16.9 Å². The first-order valence-electron chi connectivity index (χ1n) is 38.3. The number of carbonyl (C=O) groups is 2. The van der Waals surface area contributed by atoms with Gasteiger partial charge in [0.2, 0.25) is 17.5 Å². The Hall–Kier alpha value is -9.36. The van der Waals surface area contributed by atoms with Crippen LogP contribution in [0.3, 0.4) is 0 Å². The lowest BCUT2D eigenvalue weighted by Crippen LogP contribution is -2.36. The SMILES string of the molecule is C=C(C)C(=O)NCCCN(Cc1ccccc1B(O)O)Cc1c2ccccc2c(CN(CCCNC(=O)C(=C)C)Cc2ccccc2B(O)O)c2cc(-c3cccc(OC4=C(/C=C/C5=[N+](CCCCS(=O)(=O)O)c6ccccc6C5(C)C)CCC/C4=C\C=C4\N(CCCCS(=O)(=O)O)c5ccccc5C4(C)C)c3)ccc12. The van der Waals surface area contributed by atoms with Crippen molar-refractivity contribution in [1.29, 1.82) is 0 Å². The Balaban J connectivity index is 1.06. The molecule has 0 aromatic heterocycles. The number of para-hydroxylation sites is 2. The number of amides is 2. The number of fused-ring (bicyclic) bond motifs is 4. The van der Waals surface area contributed by atoms with E-state index in [0.717, 1.165) is 106 Å². The van der Waals surface area contributed by atoms with E-state index in [9.17, 15) is 55.6 Å². The molecule has 580 valence electrons. The van der Waals surface area contributed by atoms with Crippen LogP contribution in [0.25, 0.3) is 32.7 Å². The van der Waals surface area contributed by atoms with Gasteiger partial charge in [0.1, 0.15) is 18.1 Å². The fourth-order valence-corrected chi connectivity index (χ4v) is 17.0. The number of unbranched alkanes of at least 4 members (excludes halogenated alkanes) is 2. The van der Waals surface area contributed by atoms with Crippen molar-refractivity contribution in [2.45, 2.75) is 136 Å². The van der Waals surface area contributed by atoms with Gasteiger partial charge in [-0.25, -0.2) is 0 Å². The third kappa shape index (κ3) is 20.5. The molecule has 8 aromatic rings. The Kier molecular flexibility index (Phi) is 27.1. The first-order chi connectivity index (χ1) is 53.0. The molecule has 19 nitrogen and oxygen atoms in total. The van der Waals surface area contributed by atoms with Crippen LogP contribution in [0.4, 0.5) is 11.4 Å². The van der Waals surface area contributed by atoms with Crippen LogP contribution >= 0.6 is 0 Å². The molecule has 8 N–H and O–H groups in total. The zero-order valence-electron chi connectivity index (χ0n) is 64.5. The summed E-state index contributed by atoms with van der Waals surface area (Å²) in [5.74, 6) is 0.135. The van der Waals surface area contributed by atoms with E-state index in [2.05, 4.69) is 162 Å². The second-order valence-electron chi connectivity index (χ2n) is 30.5. The van der Waals surface area contributed by atoms with Crippen molar-refractivity contribution in [3.05, 3.63) is 268 Å². The molecule has 0 atom stereocenters. The third-order valence-electron chi connectivity index (χ3n) is 21.5. The van der Waals surface area contributed by atoms with Gasteiger partial charge in [-0.2, -0.15) is 21.4 Å². The highest BCUT2D eigenvalue weighted by molar-refractivity contribution is 7.86. The highest BCUT2D eigenvalue weighted by Crippen LogP contribution is 2.49. The van der Waals surface area contributed by atoms with Crippen molar-refractivity contribution in [2.24, 2.45) is 0 Å². The minimum absolute atomic E-state index is 0.235. The lowest BCUT2D eigenvalue weighted by molar-refractivity contribution is -0.438. The lowest BCUT2D eigenvalue weighted by atomic mass is 9.77. The van der Waals surface area contributed by atoms with E-state index in [4.69, 9.17) is 4.74 Å². The minimum Gasteiger partial charge on any atom is -0.457 e. The molecule has 0 fully saturated rings. The van der Waals surface area contributed by atoms with Gasteiger partial charge < -0.3 is 40.4 Å². The first kappa shape index (κ1) is 82.6. The molecule has 0 saturated carbocycles. The van der Waals surface area contributed by atoms with Crippen LogP contribution in [0.2, 0.25) is 0 Å². The molecule has 2 aliphatic heterocycles. The maximum absolute atomic E-state index is 12.9. The van der Waals surface area contributed by atoms with Gasteiger partial charge >= 0.3 is 14.2 Å². The molecular weight excluding hydrogens is 1430 g/mol. The quantitative estimate of drug-likeness (QED) is 0.00453. The summed E-state index contributed by atoms with van der Waals surface area (Å²) in [5.41, 5.74) is 14.2. The van der Waals surface area contributed by atoms with Gasteiger partial charge in [-0.3, -0.25) is 28.5 Å². The molecule has 0 radical (unpaired) electrons. The number of carbonyl (C=O) groups excluding carboxylic acids is 2. The van der Waals surface area contributed by atoms with E-state index in [1.165, 1.54) is 0 Å². The molecule has 11 rings (SSSR count). The maximum Gasteiger partial charge on any atom is 0.488 e. The number of rotatable bonds is 36. The zero-order valence-corrected chi connectivity index (χ0v) is 66.1. The third-order valence-corrected chi connectivity index (χ3v) is 23.1. The minimum atomic E-state index is -4.15. The number of hydrogen-bond acceptors (Lipinski definition) is 14. The van der Waals surface area contributed by atoms with E-state index < -0.39 is 45.3 Å². The highest BCUT2D eigenvalue weighted by atomic mass is 32.2. The molecule has 111 heavy (non-hydrogen) atoms. The molecule has 0 saturated heterocycles. The average molecular weight is 1540 g/mol. The van der Waals surface area contributed by atoms with Gasteiger partial charge in [0.15, 0.2) is 5.71 Å². The Labute approximate surface area is 654 Å². The van der Waals surface area contributed by atoms with Crippen molar-refractivity contribution in [3.63, 3.8) is 0 Å². The molecular formula is C88H103B2N6O13S2+. The largest absolute Gasteiger partial charge is 0.488 e. The molecule has 0 unspecified atom stereocenters. The number of ether oxygens (including phenoxy) is 1. The number of hydrogen-bond donors (Lipinski definition) is 8. The van der Waals surface area contributed by atoms with Crippen molar-refractivity contribution in [2.75, 3.05) is 55.7 Å². The normalized spacial score (nSPS) is 15.5. The summed E-state index contributed by atoms with van der Waals surface area (Å²) >= 11 is 0. The number of allylic oxidation sites excluding steroid dienone is 7. The van der Waals surface area contributed by atoms with E-state index in [1.54, 1.807) is 38.1 Å². The molecule has 2 heterocycles. The van der Waals surface area contributed by atoms with Crippen LogP contribution in [-0.2, 0) is 66.8 Å². The number of nitrogens with zero attached hydrogens (tertiary/aromatic N) is 4. The average Bonchev–Trinajstić information content (AvgIpc) is 1.74. The molecule has 3 aliphatic rings. The van der Waals surface area contributed by atoms with Crippen LogP contribution in [0, 0.1) is 0 Å². The Morgan fingerprint density at radius 3 is 1.69 bits per heavy atom. The van der Waals surface area contributed by atoms with Crippen LogP contribution in [-0.4, -0.2) is 143 Å². The maximum atomic E-state index is 12.9. The molecule has 0 bridgehead atoms. The fourth-order valence-electron chi connectivity index (χ4n) is 15.8. The van der Waals surface area contributed by atoms with Crippen LogP contribution in [0.1, 0.15) is 133 Å². The van der Waals surface area contributed by atoms with Gasteiger partial charge in [0.25, 0.3) is 20.2 Å². The second kappa shape index (κ2) is 36.4. The van der Waals surface area contributed by atoms with Crippen molar-refractivity contribution >= 4 is 95.8 Å². The Morgan fingerprint density at radius 1 is 0.568 bits per heavy atom. The van der Waals surface area contributed by atoms with Gasteiger partial charge in [-0.05, 0) is 198 Å². The van der Waals surface area contributed by atoms with Crippen LogP contribution in [0.5, 0.6) is 5.75 Å². The van der Waals surface area contributed by atoms with Gasteiger partial charge in [0, 0.05) is 111 Å². The topological polar surface area (TPSA) is 270 Å². The van der Waals surface area contributed by atoms with Gasteiger partial charge in [-0.1, -0.05) is 167 Å². The van der Waals surface area contributed by atoms with E-state index in [0.29, 0.717) is 138 Å². The Morgan fingerprint density at radius 2 is 1.10 bits per heavy atom. The molecule has 8 aromatic carbocycles. The Bertz CT molecular complexity index is 5220. The summed E-state index contributed by atoms with van der Waals surface area (Å²) in [5, 5.41) is 52.8. The molecule has 2 amide bonds. The number of benzene rings is 8. The monoisotopic (exact) mass is 1540 g/mol. The van der Waals surface area contributed by atoms with E-state index >= 15 is 0 Å². The molecule has 0 spiro atoms. The molecule has 1 aliphatic carbocycles. The summed E-state index contributed by atoms with van der Waals surface area (Å²) in [6.45, 7) is 24.1. The highest BCUT2D eigenvalue weighted by Gasteiger charge is 2.44. The number of anilines is 1. The summed E-state index contributed by atoms with van der Waals surface area (Å²) in [6.07, 6.45) is 13.6.